The van der Waals surface area contributed by atoms with E-state index in [0.29, 0.717) is 12.8 Å². The first-order valence-electron chi connectivity index (χ1n) is 25.3. The molecule has 2 atom stereocenters. The second-order valence-corrected chi connectivity index (χ2v) is 18.2. The number of ether oxygens (including phenoxy) is 1. The minimum atomic E-state index is -4.44. The second-order valence-electron chi connectivity index (χ2n) is 16.8. The Labute approximate surface area is 380 Å². The Morgan fingerprint density at radius 2 is 0.919 bits per heavy atom. The van der Waals surface area contributed by atoms with Crippen LogP contribution >= 0.6 is 7.82 Å². The van der Waals surface area contributed by atoms with E-state index in [1.54, 1.807) is 0 Å². The van der Waals surface area contributed by atoms with Crippen LogP contribution in [0.4, 0.5) is 0 Å². The zero-order chi connectivity index (χ0) is 45.3. The largest absolute Gasteiger partial charge is 0.472 e. The van der Waals surface area contributed by atoms with Gasteiger partial charge in [0.2, 0.25) is 5.91 Å². The Morgan fingerprint density at radius 3 is 1.35 bits per heavy atom. The molecule has 0 heterocycles. The van der Waals surface area contributed by atoms with E-state index < -0.39 is 26.5 Å². The van der Waals surface area contributed by atoms with Gasteiger partial charge in [-0.1, -0.05) is 222 Å². The molecule has 0 aromatic carbocycles. The van der Waals surface area contributed by atoms with Gasteiger partial charge in [-0.05, 0) is 51.4 Å². The highest BCUT2D eigenvalue weighted by molar-refractivity contribution is 7.47. The summed E-state index contributed by atoms with van der Waals surface area (Å²) in [5.74, 6) is -0.571. The molecule has 62 heavy (non-hydrogen) atoms. The van der Waals surface area contributed by atoms with Crippen LogP contribution in [0.2, 0.25) is 0 Å². The van der Waals surface area contributed by atoms with Gasteiger partial charge in [0.05, 0.1) is 13.2 Å². The standard InChI is InChI=1S/C52H94NO8P/c1-3-5-7-9-11-13-15-17-19-21-22-23-24-25-26-27-29-31-33-35-37-39-41-43-45-52(56)59-48-50(54)49-61-62(57,58)60-47-46-53-51(55)44-42-40-38-36-34-32-30-28-20-18-16-14-12-10-8-6-4-2/h6,8,12,14,18,20,30,32,36,38,50,54H,3-5,7,9-11,13,15-17,19,21-29,31,33-35,37,39-49H2,1-2H3,(H,53,55)(H,57,58)/b8-6-,14-12-,20-18-,32-30-,38-36-. The average molecular weight is 892 g/mol. The zero-order valence-electron chi connectivity index (χ0n) is 39.8. The average Bonchev–Trinajstić information content (AvgIpc) is 3.26. The van der Waals surface area contributed by atoms with E-state index in [0.717, 1.165) is 57.8 Å². The lowest BCUT2D eigenvalue weighted by atomic mass is 10.0. The molecule has 3 N–H and O–H groups in total. The summed E-state index contributed by atoms with van der Waals surface area (Å²) in [7, 11) is -4.44. The summed E-state index contributed by atoms with van der Waals surface area (Å²) >= 11 is 0. The predicted molar refractivity (Wildman–Crippen MR) is 261 cm³/mol. The molecular weight excluding hydrogens is 798 g/mol. The van der Waals surface area contributed by atoms with Crippen LogP contribution in [-0.2, 0) is 27.9 Å². The van der Waals surface area contributed by atoms with E-state index >= 15 is 0 Å². The maximum atomic E-state index is 12.1. The molecule has 0 aromatic heterocycles. The van der Waals surface area contributed by atoms with Crippen molar-refractivity contribution in [2.45, 2.75) is 232 Å². The number of carbonyl (C=O) groups is 2. The van der Waals surface area contributed by atoms with Crippen molar-refractivity contribution in [2.75, 3.05) is 26.4 Å². The number of hydrogen-bond acceptors (Lipinski definition) is 7. The van der Waals surface area contributed by atoms with Gasteiger partial charge in [-0.25, -0.2) is 4.57 Å². The summed E-state index contributed by atoms with van der Waals surface area (Å²) in [6, 6.07) is 0. The van der Waals surface area contributed by atoms with E-state index in [1.165, 1.54) is 135 Å². The molecule has 0 aliphatic rings. The van der Waals surface area contributed by atoms with Crippen LogP contribution in [0.3, 0.4) is 0 Å². The third-order valence-electron chi connectivity index (χ3n) is 10.7. The highest BCUT2D eigenvalue weighted by Gasteiger charge is 2.23. The highest BCUT2D eigenvalue weighted by atomic mass is 31.2. The summed E-state index contributed by atoms with van der Waals surface area (Å²) in [6.07, 6.45) is 58.9. The molecule has 0 fully saturated rings. The number of amides is 1. The smallest absolute Gasteiger partial charge is 0.463 e. The summed E-state index contributed by atoms with van der Waals surface area (Å²) in [5, 5.41) is 12.7. The molecule has 0 rings (SSSR count). The lowest BCUT2D eigenvalue weighted by molar-refractivity contribution is -0.147. The number of allylic oxidation sites excluding steroid dienone is 10. The maximum Gasteiger partial charge on any atom is 0.472 e. The van der Waals surface area contributed by atoms with Gasteiger partial charge in [0, 0.05) is 19.4 Å². The van der Waals surface area contributed by atoms with E-state index in [1.807, 2.05) is 0 Å². The van der Waals surface area contributed by atoms with Crippen LogP contribution < -0.4 is 5.32 Å². The molecule has 0 aromatic rings. The Balaban J connectivity index is 3.58. The van der Waals surface area contributed by atoms with E-state index in [-0.39, 0.29) is 32.1 Å². The molecule has 10 heteroatoms. The van der Waals surface area contributed by atoms with Gasteiger partial charge in [-0.2, -0.15) is 0 Å². The third-order valence-corrected chi connectivity index (χ3v) is 11.7. The predicted octanol–water partition coefficient (Wildman–Crippen LogP) is 14.8. The Kier molecular flexibility index (Phi) is 46.4. The van der Waals surface area contributed by atoms with E-state index in [4.69, 9.17) is 13.8 Å². The molecule has 0 bridgehead atoms. The molecule has 0 saturated heterocycles. The third kappa shape index (κ3) is 48.7. The maximum absolute atomic E-state index is 12.1. The number of unbranched alkanes of at least 4 members (excludes halogenated alkanes) is 24. The monoisotopic (exact) mass is 892 g/mol. The minimum Gasteiger partial charge on any atom is -0.463 e. The van der Waals surface area contributed by atoms with E-state index in [2.05, 4.69) is 79.9 Å². The number of hydrogen-bond donors (Lipinski definition) is 3. The number of rotatable bonds is 47. The first kappa shape index (κ1) is 59.7. The number of carbonyl (C=O) groups excluding carboxylic acids is 2. The number of esters is 1. The molecule has 2 unspecified atom stereocenters. The van der Waals surface area contributed by atoms with Crippen LogP contribution in [0.15, 0.2) is 60.8 Å². The quantitative estimate of drug-likeness (QED) is 0.0238. The topological polar surface area (TPSA) is 131 Å². The van der Waals surface area contributed by atoms with Crippen LogP contribution in [-0.4, -0.2) is 54.3 Å². The van der Waals surface area contributed by atoms with Gasteiger partial charge in [0.25, 0.3) is 0 Å². The minimum absolute atomic E-state index is 0.0498. The second kappa shape index (κ2) is 48.2. The van der Waals surface area contributed by atoms with Gasteiger partial charge in [0.15, 0.2) is 0 Å². The fourth-order valence-electron chi connectivity index (χ4n) is 6.95. The highest BCUT2D eigenvalue weighted by Crippen LogP contribution is 2.42. The van der Waals surface area contributed by atoms with Crippen molar-refractivity contribution in [3.63, 3.8) is 0 Å². The molecule has 0 saturated carbocycles. The van der Waals surface area contributed by atoms with Crippen LogP contribution in [0.25, 0.3) is 0 Å². The first-order chi connectivity index (χ1) is 30.3. The number of phosphoric acid groups is 1. The molecule has 9 nitrogen and oxygen atoms in total. The molecule has 1 amide bonds. The lowest BCUT2D eigenvalue weighted by Crippen LogP contribution is -2.27. The van der Waals surface area contributed by atoms with Crippen molar-refractivity contribution in [1.29, 1.82) is 0 Å². The normalized spacial score (nSPS) is 13.7. The molecule has 0 aliphatic carbocycles. The summed E-state index contributed by atoms with van der Waals surface area (Å²) in [6.45, 7) is 3.40. The van der Waals surface area contributed by atoms with Crippen molar-refractivity contribution in [1.82, 2.24) is 5.32 Å². The van der Waals surface area contributed by atoms with Crippen molar-refractivity contribution < 1.29 is 37.9 Å². The van der Waals surface area contributed by atoms with Gasteiger partial charge < -0.3 is 20.1 Å². The molecular formula is C52H94NO8P. The summed E-state index contributed by atoms with van der Waals surface area (Å²) < 4.78 is 26.9. The van der Waals surface area contributed by atoms with Crippen molar-refractivity contribution in [2.24, 2.45) is 0 Å². The molecule has 0 radical (unpaired) electrons. The fourth-order valence-corrected chi connectivity index (χ4v) is 7.70. The SMILES string of the molecule is CC/C=C\C/C=C\C/C=C\C/C=C\C/C=C\CCCC(=O)NCCOP(=O)(O)OCC(O)COC(=O)CCCCCCCCCCCCCCCCCCCCCCCCCC. The molecule has 0 aliphatic heterocycles. The van der Waals surface area contributed by atoms with Crippen molar-refractivity contribution in [3.05, 3.63) is 60.8 Å². The van der Waals surface area contributed by atoms with Gasteiger partial charge in [-0.15, -0.1) is 0 Å². The number of aliphatic hydroxyl groups excluding tert-OH is 1. The number of phosphoric ester groups is 1. The van der Waals surface area contributed by atoms with Crippen LogP contribution in [0.5, 0.6) is 0 Å². The lowest BCUT2D eigenvalue weighted by Gasteiger charge is -2.15. The van der Waals surface area contributed by atoms with E-state index in [9.17, 15) is 24.2 Å². The van der Waals surface area contributed by atoms with Gasteiger partial charge in [-0.3, -0.25) is 18.6 Å². The van der Waals surface area contributed by atoms with Crippen molar-refractivity contribution >= 4 is 19.7 Å². The first-order valence-corrected chi connectivity index (χ1v) is 26.8. The Morgan fingerprint density at radius 1 is 0.516 bits per heavy atom. The molecule has 0 spiro atoms. The zero-order valence-corrected chi connectivity index (χ0v) is 40.7. The Hall–Kier alpha value is -2.29. The Bertz CT molecular complexity index is 1200. The summed E-state index contributed by atoms with van der Waals surface area (Å²) in [5.41, 5.74) is 0. The number of nitrogens with one attached hydrogen (secondary N) is 1. The van der Waals surface area contributed by atoms with Gasteiger partial charge in [0.1, 0.15) is 12.7 Å². The van der Waals surface area contributed by atoms with Gasteiger partial charge >= 0.3 is 13.8 Å². The van der Waals surface area contributed by atoms with Crippen LogP contribution in [0.1, 0.15) is 226 Å². The number of aliphatic hydroxyl groups is 1. The molecule has 360 valence electrons. The van der Waals surface area contributed by atoms with Crippen LogP contribution in [0, 0.1) is 0 Å². The van der Waals surface area contributed by atoms with Crippen molar-refractivity contribution in [3.8, 4) is 0 Å². The fraction of sp³-hybridized carbons (Fsp3) is 0.769. The summed E-state index contributed by atoms with van der Waals surface area (Å²) in [4.78, 5) is 34.0.